The van der Waals surface area contributed by atoms with Crippen molar-refractivity contribution in [2.45, 2.75) is 6.18 Å². The monoisotopic (exact) mass is 331 g/mol. The number of aromatic nitrogens is 1. The lowest BCUT2D eigenvalue weighted by molar-refractivity contribution is -0.389. The van der Waals surface area contributed by atoms with Crippen molar-refractivity contribution in [3.05, 3.63) is 38.1 Å². The van der Waals surface area contributed by atoms with Crippen LogP contribution in [0.1, 0.15) is 11.3 Å². The Bertz CT molecular complexity index is 419. The number of halogens is 4. The maximum Gasteiger partial charge on any atom is 0.424 e. The zero-order valence-corrected chi connectivity index (χ0v) is 9.16. The van der Waals surface area contributed by atoms with Gasteiger partial charge in [0, 0.05) is 6.20 Å². The van der Waals surface area contributed by atoms with E-state index in [1.165, 1.54) is 22.6 Å². The number of nitrogens with zero attached hydrogens (tertiary/aromatic N) is 2. The Balaban J connectivity index is 3.55. The molecule has 0 atom stereocenters. The van der Waals surface area contributed by atoms with Gasteiger partial charge in [-0.3, -0.25) is 15.1 Å². The van der Waals surface area contributed by atoms with Crippen molar-refractivity contribution in [2.24, 2.45) is 0 Å². The first-order valence-corrected chi connectivity index (χ1v) is 4.55. The molecule has 0 amide bonds. The second-order valence-corrected chi connectivity index (χ2v) is 3.61. The highest BCUT2D eigenvalue weighted by Crippen LogP contribution is 2.38. The summed E-state index contributed by atoms with van der Waals surface area (Å²) in [4.78, 5) is 12.7. The summed E-state index contributed by atoms with van der Waals surface area (Å²) in [6, 6.07) is 0. The summed E-state index contributed by atoms with van der Waals surface area (Å²) >= 11 is 1.42. The number of pyridine rings is 1. The first-order valence-electron chi connectivity index (χ1n) is 3.47. The zero-order chi connectivity index (χ0) is 11.8. The van der Waals surface area contributed by atoms with Crippen LogP contribution in [0.3, 0.4) is 0 Å². The van der Waals surface area contributed by atoms with Crippen LogP contribution in [0.2, 0.25) is 0 Å². The van der Waals surface area contributed by atoms with Crippen molar-refractivity contribution in [1.29, 1.82) is 0 Å². The third-order valence-electron chi connectivity index (χ3n) is 1.55. The second kappa shape index (κ2) is 3.91. The zero-order valence-electron chi connectivity index (χ0n) is 7.01. The van der Waals surface area contributed by atoms with E-state index in [1.807, 2.05) is 0 Å². The number of alkyl halides is 3. The van der Waals surface area contributed by atoms with Gasteiger partial charge in [-0.15, -0.1) is 0 Å². The van der Waals surface area contributed by atoms with Gasteiger partial charge in [-0.25, -0.2) is 0 Å². The molecule has 0 saturated heterocycles. The van der Waals surface area contributed by atoms with Gasteiger partial charge < -0.3 is 0 Å². The van der Waals surface area contributed by atoms with Crippen molar-refractivity contribution in [2.75, 3.05) is 0 Å². The standard InChI is InChI=1S/C7H3F3IN2O2/c1-3-5(11)6(13(14)15)4(2-12-3)7(8,9)10/h2H,1H2. The SMILES string of the molecule is [CH2]c1ncc(C(F)(F)F)c([N+](=O)[O-])c1I. The van der Waals surface area contributed by atoms with Gasteiger partial charge in [0.25, 0.3) is 5.69 Å². The summed E-state index contributed by atoms with van der Waals surface area (Å²) in [5.41, 5.74) is -2.40. The molecule has 1 radical (unpaired) electrons. The van der Waals surface area contributed by atoms with Gasteiger partial charge in [-0.1, -0.05) is 0 Å². The van der Waals surface area contributed by atoms with Crippen LogP contribution in [-0.4, -0.2) is 9.91 Å². The molecule has 0 unspecified atom stereocenters. The van der Waals surface area contributed by atoms with Gasteiger partial charge in [-0.05, 0) is 29.5 Å². The summed E-state index contributed by atoms with van der Waals surface area (Å²) in [5.74, 6) is 0. The highest BCUT2D eigenvalue weighted by molar-refractivity contribution is 14.1. The molecule has 4 nitrogen and oxygen atoms in total. The Morgan fingerprint density at radius 2 is 2.07 bits per heavy atom. The summed E-state index contributed by atoms with van der Waals surface area (Å²) < 4.78 is 36.9. The third kappa shape index (κ3) is 2.36. The molecule has 0 aromatic carbocycles. The summed E-state index contributed by atoms with van der Waals surface area (Å²) in [7, 11) is 0. The molecule has 1 rings (SSSR count). The molecule has 0 spiro atoms. The summed E-state index contributed by atoms with van der Waals surface area (Å²) in [6.07, 6.45) is -4.37. The maximum absolute atomic E-state index is 12.4. The first-order chi connectivity index (χ1) is 6.75. The largest absolute Gasteiger partial charge is 0.424 e. The average Bonchev–Trinajstić information content (AvgIpc) is 2.06. The Kier molecular flexibility index (Phi) is 3.16. The molecule has 0 fully saturated rings. The topological polar surface area (TPSA) is 56.0 Å². The Morgan fingerprint density at radius 1 is 1.53 bits per heavy atom. The molecule has 0 aliphatic carbocycles. The van der Waals surface area contributed by atoms with Crippen LogP contribution in [0, 0.1) is 20.6 Å². The fraction of sp³-hybridized carbons (Fsp3) is 0.143. The van der Waals surface area contributed by atoms with E-state index in [0.717, 1.165) is 0 Å². The Morgan fingerprint density at radius 3 is 2.47 bits per heavy atom. The van der Waals surface area contributed by atoms with E-state index >= 15 is 0 Å². The minimum Gasteiger partial charge on any atom is -0.259 e. The van der Waals surface area contributed by atoms with E-state index in [0.29, 0.717) is 6.20 Å². The van der Waals surface area contributed by atoms with Crippen molar-refractivity contribution in [1.82, 2.24) is 4.98 Å². The predicted octanol–water partition coefficient (Wildman–Crippen LogP) is 2.80. The van der Waals surface area contributed by atoms with Crippen LogP contribution in [0.5, 0.6) is 0 Å². The summed E-state index contributed by atoms with van der Waals surface area (Å²) in [6.45, 7) is 3.30. The quantitative estimate of drug-likeness (QED) is 0.452. The molecule has 15 heavy (non-hydrogen) atoms. The van der Waals surface area contributed by atoms with Crippen LogP contribution < -0.4 is 0 Å². The molecule has 0 aliphatic rings. The van der Waals surface area contributed by atoms with Crippen molar-refractivity contribution in [3.63, 3.8) is 0 Å². The molecule has 0 saturated carbocycles. The smallest absolute Gasteiger partial charge is 0.259 e. The van der Waals surface area contributed by atoms with Gasteiger partial charge in [-0.2, -0.15) is 13.2 Å². The number of nitro groups is 1. The van der Waals surface area contributed by atoms with Crippen LogP contribution in [0.15, 0.2) is 6.20 Å². The molecule has 0 N–H and O–H groups in total. The highest BCUT2D eigenvalue weighted by Gasteiger charge is 2.40. The normalized spacial score (nSPS) is 11.5. The van der Waals surface area contributed by atoms with E-state index < -0.39 is 22.4 Å². The molecule has 0 aliphatic heterocycles. The van der Waals surface area contributed by atoms with Crippen LogP contribution >= 0.6 is 22.6 Å². The van der Waals surface area contributed by atoms with Gasteiger partial charge >= 0.3 is 6.18 Å². The first kappa shape index (κ1) is 12.1. The Hall–Kier alpha value is -0.930. The minimum absolute atomic E-state index is 0.0460. The van der Waals surface area contributed by atoms with Crippen molar-refractivity contribution < 1.29 is 18.1 Å². The van der Waals surface area contributed by atoms with E-state index in [9.17, 15) is 23.3 Å². The Labute approximate surface area is 95.8 Å². The van der Waals surface area contributed by atoms with E-state index in [4.69, 9.17) is 0 Å². The van der Waals surface area contributed by atoms with Gasteiger partial charge in [0.1, 0.15) is 3.57 Å². The lowest BCUT2D eigenvalue weighted by atomic mass is 10.2. The van der Waals surface area contributed by atoms with Crippen molar-refractivity contribution in [3.8, 4) is 0 Å². The minimum atomic E-state index is -4.79. The van der Waals surface area contributed by atoms with E-state index in [-0.39, 0.29) is 9.26 Å². The van der Waals surface area contributed by atoms with Crippen LogP contribution in [-0.2, 0) is 6.18 Å². The van der Waals surface area contributed by atoms with Crippen molar-refractivity contribution >= 4 is 28.3 Å². The van der Waals surface area contributed by atoms with E-state index in [2.05, 4.69) is 11.9 Å². The molecule has 0 bridgehead atoms. The van der Waals surface area contributed by atoms with Crippen LogP contribution in [0.4, 0.5) is 18.9 Å². The third-order valence-corrected chi connectivity index (χ3v) is 2.69. The number of hydrogen-bond donors (Lipinski definition) is 0. The lowest BCUT2D eigenvalue weighted by Gasteiger charge is -2.08. The fourth-order valence-corrected chi connectivity index (χ4v) is 1.53. The lowest BCUT2D eigenvalue weighted by Crippen LogP contribution is -2.11. The van der Waals surface area contributed by atoms with E-state index in [1.54, 1.807) is 0 Å². The van der Waals surface area contributed by atoms with Gasteiger partial charge in [0.2, 0.25) is 0 Å². The van der Waals surface area contributed by atoms with Gasteiger partial charge in [0.15, 0.2) is 5.56 Å². The molecular formula is C7H3F3IN2O2. The average molecular weight is 331 g/mol. The molecular weight excluding hydrogens is 328 g/mol. The summed E-state index contributed by atoms with van der Waals surface area (Å²) in [5, 5.41) is 10.5. The predicted molar refractivity (Wildman–Crippen MR) is 53.1 cm³/mol. The molecule has 81 valence electrons. The molecule has 8 heteroatoms. The highest BCUT2D eigenvalue weighted by atomic mass is 127. The number of hydrogen-bond acceptors (Lipinski definition) is 3. The fourth-order valence-electron chi connectivity index (χ4n) is 0.901. The molecule has 1 aromatic rings. The van der Waals surface area contributed by atoms with Gasteiger partial charge in [0.05, 0.1) is 10.6 Å². The van der Waals surface area contributed by atoms with Crippen LogP contribution in [0.25, 0.3) is 0 Å². The maximum atomic E-state index is 12.4. The molecule has 1 aromatic heterocycles. The molecule has 1 heterocycles. The number of rotatable bonds is 1. The second-order valence-electron chi connectivity index (χ2n) is 2.54.